The van der Waals surface area contributed by atoms with E-state index in [4.69, 9.17) is 0 Å². The van der Waals surface area contributed by atoms with Gasteiger partial charge in [0.05, 0.1) is 10.2 Å². The first kappa shape index (κ1) is 14.7. The van der Waals surface area contributed by atoms with Crippen LogP contribution in [0.25, 0.3) is 10.2 Å². The fourth-order valence-electron chi connectivity index (χ4n) is 2.65. The molecule has 21 heavy (non-hydrogen) atoms. The Kier molecular flexibility index (Phi) is 4.65. The highest BCUT2D eigenvalue weighted by atomic mass is 32.2. The fraction of sp³-hybridized carbons (Fsp3) is 0.467. The highest BCUT2D eigenvalue weighted by molar-refractivity contribution is 7.98. The highest BCUT2D eigenvalue weighted by Gasteiger charge is 2.16. The Hall–Kier alpha value is -1.27. The maximum absolute atomic E-state index is 12.0. The second-order valence-corrected chi connectivity index (χ2v) is 7.20. The standard InChI is InChI=1S/C15H19N3OS2/c1-20-11-7-8-12-13(9-11)21-15(17-12)18-14(19)16-10-5-3-2-4-6-10/h7-10H,2-6H2,1H3,(H2,16,17,18,19). The van der Waals surface area contributed by atoms with Gasteiger partial charge in [0.2, 0.25) is 0 Å². The van der Waals surface area contributed by atoms with Crippen molar-refractivity contribution in [1.82, 2.24) is 10.3 Å². The minimum absolute atomic E-state index is 0.133. The molecule has 0 radical (unpaired) electrons. The number of nitrogens with one attached hydrogen (secondary N) is 2. The van der Waals surface area contributed by atoms with Crippen molar-refractivity contribution in [3.8, 4) is 0 Å². The highest BCUT2D eigenvalue weighted by Crippen LogP contribution is 2.29. The molecule has 6 heteroatoms. The molecule has 1 heterocycles. The molecule has 1 fully saturated rings. The average Bonchev–Trinajstić information content (AvgIpc) is 2.89. The van der Waals surface area contributed by atoms with Crippen molar-refractivity contribution < 1.29 is 4.79 Å². The monoisotopic (exact) mass is 321 g/mol. The summed E-state index contributed by atoms with van der Waals surface area (Å²) in [6, 6.07) is 6.35. The van der Waals surface area contributed by atoms with Crippen molar-refractivity contribution in [2.24, 2.45) is 0 Å². The molecule has 0 spiro atoms. The van der Waals surface area contributed by atoms with Crippen LogP contribution in [-0.4, -0.2) is 23.3 Å². The Morgan fingerprint density at radius 1 is 1.33 bits per heavy atom. The van der Waals surface area contributed by atoms with E-state index >= 15 is 0 Å². The van der Waals surface area contributed by atoms with Crippen molar-refractivity contribution in [2.45, 2.75) is 43.0 Å². The van der Waals surface area contributed by atoms with Gasteiger partial charge in [0.15, 0.2) is 5.13 Å². The van der Waals surface area contributed by atoms with Crippen LogP contribution in [0.15, 0.2) is 23.1 Å². The summed E-state index contributed by atoms with van der Waals surface area (Å²) in [6.07, 6.45) is 7.94. The van der Waals surface area contributed by atoms with E-state index in [1.54, 1.807) is 11.8 Å². The van der Waals surface area contributed by atoms with Crippen LogP contribution >= 0.6 is 23.1 Å². The van der Waals surface area contributed by atoms with E-state index in [0.717, 1.165) is 23.1 Å². The molecular formula is C15H19N3OS2. The van der Waals surface area contributed by atoms with E-state index in [-0.39, 0.29) is 6.03 Å². The van der Waals surface area contributed by atoms with Crippen molar-refractivity contribution in [1.29, 1.82) is 0 Å². The van der Waals surface area contributed by atoms with E-state index < -0.39 is 0 Å². The molecule has 2 aromatic rings. The molecule has 2 amide bonds. The van der Waals surface area contributed by atoms with Gasteiger partial charge in [0.1, 0.15) is 0 Å². The Morgan fingerprint density at radius 3 is 2.90 bits per heavy atom. The summed E-state index contributed by atoms with van der Waals surface area (Å²) in [6.45, 7) is 0. The van der Waals surface area contributed by atoms with Crippen LogP contribution in [0.4, 0.5) is 9.93 Å². The number of anilines is 1. The maximum Gasteiger partial charge on any atom is 0.321 e. The lowest BCUT2D eigenvalue weighted by Crippen LogP contribution is -2.38. The average molecular weight is 321 g/mol. The van der Waals surface area contributed by atoms with Crippen LogP contribution in [-0.2, 0) is 0 Å². The van der Waals surface area contributed by atoms with Gasteiger partial charge in [0, 0.05) is 10.9 Å². The van der Waals surface area contributed by atoms with E-state index in [9.17, 15) is 4.79 Å². The third kappa shape index (κ3) is 3.68. The lowest BCUT2D eigenvalue weighted by atomic mass is 9.96. The predicted octanol–water partition coefficient (Wildman–Crippen LogP) is 4.47. The number of hydrogen-bond donors (Lipinski definition) is 2. The van der Waals surface area contributed by atoms with Gasteiger partial charge in [-0.15, -0.1) is 11.8 Å². The molecule has 1 saturated carbocycles. The normalized spacial score (nSPS) is 16.0. The lowest BCUT2D eigenvalue weighted by Gasteiger charge is -2.22. The summed E-state index contributed by atoms with van der Waals surface area (Å²) >= 11 is 3.23. The molecule has 4 nitrogen and oxygen atoms in total. The van der Waals surface area contributed by atoms with Crippen molar-refractivity contribution in [3.05, 3.63) is 18.2 Å². The molecule has 1 aliphatic rings. The van der Waals surface area contributed by atoms with Gasteiger partial charge in [-0.1, -0.05) is 30.6 Å². The van der Waals surface area contributed by atoms with Gasteiger partial charge in [-0.2, -0.15) is 0 Å². The Balaban J connectivity index is 1.65. The van der Waals surface area contributed by atoms with Crippen LogP contribution in [0.5, 0.6) is 0 Å². The van der Waals surface area contributed by atoms with Crippen molar-refractivity contribution in [3.63, 3.8) is 0 Å². The summed E-state index contributed by atoms with van der Waals surface area (Å²) in [7, 11) is 0. The van der Waals surface area contributed by atoms with Crippen LogP contribution in [0, 0.1) is 0 Å². The number of carbonyl (C=O) groups excluding carboxylic acids is 1. The molecule has 0 atom stereocenters. The zero-order chi connectivity index (χ0) is 14.7. The molecule has 1 aliphatic carbocycles. The summed E-state index contributed by atoms with van der Waals surface area (Å²) in [5.74, 6) is 0. The number of benzene rings is 1. The van der Waals surface area contributed by atoms with Crippen LogP contribution in [0.2, 0.25) is 0 Å². The minimum atomic E-state index is -0.133. The fourth-order valence-corrected chi connectivity index (χ4v) is 4.07. The number of rotatable bonds is 3. The lowest BCUT2D eigenvalue weighted by molar-refractivity contribution is 0.244. The molecular weight excluding hydrogens is 302 g/mol. The first-order valence-corrected chi connectivity index (χ1v) is 9.31. The summed E-state index contributed by atoms with van der Waals surface area (Å²) in [4.78, 5) is 17.7. The van der Waals surface area contributed by atoms with E-state index in [2.05, 4.69) is 34.0 Å². The number of aromatic nitrogens is 1. The summed E-state index contributed by atoms with van der Waals surface area (Å²) in [5.41, 5.74) is 0.936. The van der Waals surface area contributed by atoms with Crippen LogP contribution in [0.3, 0.4) is 0 Å². The summed E-state index contributed by atoms with van der Waals surface area (Å²) in [5, 5.41) is 6.58. The van der Waals surface area contributed by atoms with E-state index in [1.165, 1.54) is 35.5 Å². The molecule has 2 N–H and O–H groups in total. The first-order chi connectivity index (χ1) is 10.2. The molecule has 0 saturated heterocycles. The third-order valence-corrected chi connectivity index (χ3v) is 5.42. The molecule has 112 valence electrons. The summed E-state index contributed by atoms with van der Waals surface area (Å²) < 4.78 is 1.11. The van der Waals surface area contributed by atoms with Gasteiger partial charge in [-0.25, -0.2) is 9.78 Å². The number of amides is 2. The first-order valence-electron chi connectivity index (χ1n) is 7.27. The number of carbonyl (C=O) groups is 1. The van der Waals surface area contributed by atoms with Crippen molar-refractivity contribution in [2.75, 3.05) is 11.6 Å². The minimum Gasteiger partial charge on any atom is -0.335 e. The van der Waals surface area contributed by atoms with Gasteiger partial charge >= 0.3 is 6.03 Å². The second kappa shape index (κ2) is 6.66. The maximum atomic E-state index is 12.0. The van der Waals surface area contributed by atoms with Gasteiger partial charge in [-0.3, -0.25) is 5.32 Å². The SMILES string of the molecule is CSc1ccc2nc(NC(=O)NC3CCCCC3)sc2c1. The van der Waals surface area contributed by atoms with Gasteiger partial charge < -0.3 is 5.32 Å². The van der Waals surface area contributed by atoms with E-state index in [1.807, 2.05) is 6.07 Å². The van der Waals surface area contributed by atoms with Crippen LogP contribution < -0.4 is 10.6 Å². The quantitative estimate of drug-likeness (QED) is 0.820. The van der Waals surface area contributed by atoms with E-state index in [0.29, 0.717) is 11.2 Å². The predicted molar refractivity (Wildman–Crippen MR) is 90.4 cm³/mol. The topological polar surface area (TPSA) is 54.0 Å². The Morgan fingerprint density at radius 2 is 2.14 bits per heavy atom. The Labute approximate surface area is 132 Å². The number of thioether (sulfide) groups is 1. The van der Waals surface area contributed by atoms with Crippen LogP contribution in [0.1, 0.15) is 32.1 Å². The number of urea groups is 1. The molecule has 0 bridgehead atoms. The molecule has 3 rings (SSSR count). The van der Waals surface area contributed by atoms with Crippen molar-refractivity contribution >= 4 is 44.5 Å². The zero-order valence-electron chi connectivity index (χ0n) is 12.0. The molecule has 0 unspecified atom stereocenters. The number of nitrogens with zero attached hydrogens (tertiary/aromatic N) is 1. The number of hydrogen-bond acceptors (Lipinski definition) is 4. The molecule has 0 aliphatic heterocycles. The Bertz CT molecular complexity index is 635. The second-order valence-electron chi connectivity index (χ2n) is 5.29. The number of fused-ring (bicyclic) bond motifs is 1. The molecule has 1 aromatic carbocycles. The van der Waals surface area contributed by atoms with Gasteiger partial charge in [-0.05, 0) is 37.3 Å². The zero-order valence-corrected chi connectivity index (χ0v) is 13.6. The smallest absolute Gasteiger partial charge is 0.321 e. The molecule has 1 aromatic heterocycles. The van der Waals surface area contributed by atoms with Gasteiger partial charge in [0.25, 0.3) is 0 Å². The number of thiazole rings is 1. The largest absolute Gasteiger partial charge is 0.335 e. The third-order valence-electron chi connectivity index (χ3n) is 3.76.